The molecule has 1 aromatic rings. The minimum atomic E-state index is -2.60. The van der Waals surface area contributed by atoms with Crippen LogP contribution in [0.4, 0.5) is 0 Å². The van der Waals surface area contributed by atoms with E-state index in [0.717, 1.165) is 23.8 Å². The van der Waals surface area contributed by atoms with E-state index in [9.17, 15) is 4.79 Å². The molecule has 0 heterocycles. The zero-order valence-corrected chi connectivity index (χ0v) is 16.4. The first-order valence-electron chi connectivity index (χ1n) is 8.72. The highest BCUT2D eigenvalue weighted by Gasteiger charge is 2.39. The van der Waals surface area contributed by atoms with Gasteiger partial charge in [0, 0.05) is 32.3 Å². The minimum Gasteiger partial charge on any atom is -0.494 e. The lowest BCUT2D eigenvalue weighted by atomic mass is 10.1. The topological polar surface area (TPSA) is 54.0 Å². The van der Waals surface area contributed by atoms with Crippen LogP contribution in [0, 0.1) is 12.3 Å². The molecule has 0 N–H and O–H groups in total. The monoisotopic (exact) mass is 364 g/mol. The summed E-state index contributed by atoms with van der Waals surface area (Å²) >= 11 is 0. The Hall–Kier alpha value is -1.65. The van der Waals surface area contributed by atoms with E-state index in [-0.39, 0.29) is 12.2 Å². The van der Waals surface area contributed by atoms with Crippen LogP contribution < -0.4 is 4.74 Å². The van der Waals surface area contributed by atoms with Crippen molar-refractivity contribution in [2.75, 3.05) is 26.4 Å². The van der Waals surface area contributed by atoms with Crippen molar-refractivity contribution >= 4 is 14.6 Å². The Balaban J connectivity index is 2.47. The van der Waals surface area contributed by atoms with E-state index >= 15 is 0 Å². The largest absolute Gasteiger partial charge is 0.501 e. The number of hydrogen-bond acceptors (Lipinski definition) is 5. The average Bonchev–Trinajstić information content (AvgIpc) is 2.61. The van der Waals surface area contributed by atoms with Gasteiger partial charge in [-0.1, -0.05) is 12.1 Å². The maximum absolute atomic E-state index is 11.2. The van der Waals surface area contributed by atoms with E-state index in [2.05, 4.69) is 5.92 Å². The zero-order valence-electron chi connectivity index (χ0n) is 15.4. The number of carbonyl (C=O) groups excluding carboxylic acids is 1. The summed E-state index contributed by atoms with van der Waals surface area (Å²) in [5, 5.41) is 0. The summed E-state index contributed by atoms with van der Waals surface area (Å²) in [6, 6.07) is 8.11. The molecular weight excluding hydrogens is 336 g/mol. The van der Waals surface area contributed by atoms with Gasteiger partial charge in [0.05, 0.1) is 6.61 Å². The lowest BCUT2D eigenvalue weighted by molar-refractivity contribution is -0.113. The molecule has 0 amide bonds. The van der Waals surface area contributed by atoms with Gasteiger partial charge in [0.25, 0.3) is 0 Å². The van der Waals surface area contributed by atoms with Gasteiger partial charge in [-0.3, -0.25) is 4.79 Å². The van der Waals surface area contributed by atoms with Crippen molar-refractivity contribution in [3.63, 3.8) is 0 Å². The first-order valence-corrected chi connectivity index (χ1v) is 10.6. The molecule has 0 radical (unpaired) electrons. The molecule has 25 heavy (non-hydrogen) atoms. The Morgan fingerprint density at radius 1 is 1.04 bits per heavy atom. The summed E-state index contributed by atoms with van der Waals surface area (Å²) in [6.07, 6.45) is 6.11. The third kappa shape index (κ3) is 7.84. The molecule has 0 aromatic heterocycles. The molecule has 0 aliphatic carbocycles. The number of carbonyl (C=O) groups is 1. The predicted molar refractivity (Wildman–Crippen MR) is 99.5 cm³/mol. The molecule has 0 fully saturated rings. The molecule has 138 valence electrons. The van der Waals surface area contributed by atoms with Crippen LogP contribution in [0.1, 0.15) is 32.8 Å². The maximum atomic E-state index is 11.2. The minimum absolute atomic E-state index is 0.224. The number of terminal acetylenes is 1. The molecule has 1 rings (SSSR count). The van der Waals surface area contributed by atoms with Gasteiger partial charge < -0.3 is 18.0 Å². The summed E-state index contributed by atoms with van der Waals surface area (Å²) in [6.45, 7) is 8.11. The maximum Gasteiger partial charge on any atom is 0.501 e. The van der Waals surface area contributed by atoms with Crippen LogP contribution in [0.3, 0.4) is 0 Å². The Morgan fingerprint density at radius 3 is 2.08 bits per heavy atom. The van der Waals surface area contributed by atoms with E-state index < -0.39 is 8.80 Å². The smallest absolute Gasteiger partial charge is 0.494 e. The van der Waals surface area contributed by atoms with Crippen LogP contribution in [0.2, 0.25) is 6.04 Å². The Kier molecular flexibility index (Phi) is 10.1. The van der Waals surface area contributed by atoms with Gasteiger partial charge >= 0.3 is 8.80 Å². The third-order valence-electron chi connectivity index (χ3n) is 3.44. The van der Waals surface area contributed by atoms with Crippen LogP contribution in [-0.2, 0) is 24.5 Å². The SMILES string of the molecule is C#CC(=O)Cc1ccc(OCCC[Si](OCC)(OCC)OCC)cc1. The van der Waals surface area contributed by atoms with Crippen molar-refractivity contribution in [3.05, 3.63) is 29.8 Å². The molecule has 1 aromatic carbocycles. The second-order valence-corrected chi connectivity index (χ2v) is 8.05. The molecule has 0 aliphatic rings. The van der Waals surface area contributed by atoms with Crippen LogP contribution in [0.5, 0.6) is 5.75 Å². The van der Waals surface area contributed by atoms with E-state index in [0.29, 0.717) is 26.4 Å². The van der Waals surface area contributed by atoms with Crippen molar-refractivity contribution in [2.45, 2.75) is 39.7 Å². The van der Waals surface area contributed by atoms with Gasteiger partial charge in [-0.25, -0.2) is 0 Å². The molecule has 0 atom stereocenters. The summed E-state index contributed by atoms with van der Waals surface area (Å²) in [7, 11) is -2.60. The lowest BCUT2D eigenvalue weighted by Crippen LogP contribution is -2.46. The van der Waals surface area contributed by atoms with Crippen molar-refractivity contribution < 1.29 is 22.8 Å². The van der Waals surface area contributed by atoms with Crippen LogP contribution in [0.15, 0.2) is 24.3 Å². The molecule has 5 nitrogen and oxygen atoms in total. The van der Waals surface area contributed by atoms with Gasteiger partial charge in [-0.2, -0.15) is 0 Å². The van der Waals surface area contributed by atoms with E-state index in [1.807, 2.05) is 45.0 Å². The molecule has 0 saturated heterocycles. The standard InChI is InChI=1S/C19H28O5Si/c1-5-18(20)16-17-10-12-19(13-11-17)21-14-9-15-25(22-6-2,23-7-3)24-8-4/h1,10-13H,6-9,14-16H2,2-4H3. The fourth-order valence-corrected chi connectivity index (χ4v) is 5.00. The van der Waals surface area contributed by atoms with Gasteiger partial charge in [-0.15, -0.1) is 6.42 Å². The summed E-state index contributed by atoms with van der Waals surface area (Å²) in [4.78, 5) is 11.2. The highest BCUT2D eigenvalue weighted by Crippen LogP contribution is 2.19. The first kappa shape index (κ1) is 21.4. The van der Waals surface area contributed by atoms with Crippen molar-refractivity contribution in [2.24, 2.45) is 0 Å². The van der Waals surface area contributed by atoms with Gasteiger partial charge in [0.1, 0.15) is 5.75 Å². The normalized spacial score (nSPS) is 11.1. The summed E-state index contributed by atoms with van der Waals surface area (Å²) in [5.41, 5.74) is 0.880. The highest BCUT2D eigenvalue weighted by atomic mass is 28.4. The molecule has 0 aliphatic heterocycles. The van der Waals surface area contributed by atoms with Gasteiger partial charge in [0.15, 0.2) is 0 Å². The number of ketones is 1. The fraction of sp³-hybridized carbons (Fsp3) is 0.526. The molecule has 0 bridgehead atoms. The van der Waals surface area contributed by atoms with E-state index in [1.165, 1.54) is 0 Å². The van der Waals surface area contributed by atoms with Crippen LogP contribution in [-0.4, -0.2) is 41.0 Å². The number of rotatable bonds is 13. The Labute approximate surface area is 152 Å². The predicted octanol–water partition coefficient (Wildman–Crippen LogP) is 3.25. The molecule has 0 saturated carbocycles. The van der Waals surface area contributed by atoms with Gasteiger partial charge in [-0.05, 0) is 50.8 Å². The Morgan fingerprint density at radius 2 is 1.60 bits per heavy atom. The summed E-state index contributed by atoms with van der Waals surface area (Å²) in [5.74, 6) is 2.65. The molecular formula is C19H28O5Si. The quantitative estimate of drug-likeness (QED) is 0.233. The summed E-state index contributed by atoms with van der Waals surface area (Å²) < 4.78 is 23.2. The average molecular weight is 365 g/mol. The van der Waals surface area contributed by atoms with Crippen molar-refractivity contribution in [1.29, 1.82) is 0 Å². The third-order valence-corrected chi connectivity index (χ3v) is 6.59. The van der Waals surface area contributed by atoms with Crippen LogP contribution in [0.25, 0.3) is 0 Å². The number of Topliss-reactive ketones (excluding diaryl/α,β-unsaturated/α-hetero) is 1. The van der Waals surface area contributed by atoms with Crippen LogP contribution >= 0.6 is 0 Å². The number of benzene rings is 1. The second-order valence-electron chi connectivity index (χ2n) is 5.32. The van der Waals surface area contributed by atoms with Crippen molar-refractivity contribution in [1.82, 2.24) is 0 Å². The molecule has 6 heteroatoms. The Bertz CT molecular complexity index is 533. The first-order chi connectivity index (χ1) is 12.1. The molecule has 0 spiro atoms. The van der Waals surface area contributed by atoms with Crippen molar-refractivity contribution in [3.8, 4) is 18.1 Å². The number of ether oxygens (including phenoxy) is 1. The fourth-order valence-electron chi connectivity index (χ4n) is 2.42. The lowest BCUT2D eigenvalue weighted by Gasteiger charge is -2.28. The second kappa shape index (κ2) is 11.8. The highest BCUT2D eigenvalue weighted by molar-refractivity contribution is 6.60. The van der Waals surface area contributed by atoms with Gasteiger partial charge in [0.2, 0.25) is 5.78 Å². The number of hydrogen-bond donors (Lipinski definition) is 0. The zero-order chi connectivity index (χ0) is 18.5. The van der Waals surface area contributed by atoms with E-state index in [1.54, 1.807) is 0 Å². The van der Waals surface area contributed by atoms with E-state index in [4.69, 9.17) is 24.4 Å². The molecule has 0 unspecified atom stereocenters.